The van der Waals surface area contributed by atoms with Crippen molar-refractivity contribution in [2.75, 3.05) is 6.54 Å². The van der Waals surface area contributed by atoms with Gasteiger partial charge in [-0.1, -0.05) is 17.7 Å². The Morgan fingerprint density at radius 1 is 1.36 bits per heavy atom. The molecular formula is C19H19ClF2N4OS. The first-order valence-electron chi connectivity index (χ1n) is 8.53. The summed E-state index contributed by atoms with van der Waals surface area (Å²) in [4.78, 5) is 14.1. The third kappa shape index (κ3) is 4.24. The minimum absolute atomic E-state index is 0.162. The summed E-state index contributed by atoms with van der Waals surface area (Å²) in [6.07, 6.45) is 1.85. The number of amides is 1. The summed E-state index contributed by atoms with van der Waals surface area (Å²) in [5.74, 6) is -2.12. The highest BCUT2D eigenvalue weighted by molar-refractivity contribution is 7.14. The van der Waals surface area contributed by atoms with Crippen molar-refractivity contribution in [2.24, 2.45) is 12.8 Å². The maximum absolute atomic E-state index is 13.4. The van der Waals surface area contributed by atoms with E-state index in [9.17, 15) is 13.6 Å². The third-order valence-corrected chi connectivity index (χ3v) is 5.70. The van der Waals surface area contributed by atoms with Gasteiger partial charge in [-0.3, -0.25) is 9.48 Å². The lowest BCUT2D eigenvalue weighted by Crippen LogP contribution is -2.41. The van der Waals surface area contributed by atoms with Crippen molar-refractivity contribution >= 4 is 28.8 Å². The van der Waals surface area contributed by atoms with Crippen molar-refractivity contribution in [3.8, 4) is 11.3 Å². The van der Waals surface area contributed by atoms with E-state index in [1.54, 1.807) is 24.0 Å². The van der Waals surface area contributed by atoms with Crippen LogP contribution in [0, 0.1) is 18.6 Å². The van der Waals surface area contributed by atoms with Crippen LogP contribution in [0.1, 0.15) is 20.1 Å². The zero-order chi connectivity index (χ0) is 20.4. The van der Waals surface area contributed by atoms with Gasteiger partial charge in [-0.05, 0) is 37.1 Å². The van der Waals surface area contributed by atoms with Crippen LogP contribution in [-0.2, 0) is 13.5 Å². The van der Waals surface area contributed by atoms with Gasteiger partial charge in [0.1, 0.15) is 0 Å². The predicted molar refractivity (Wildman–Crippen MR) is 107 cm³/mol. The number of hydrogen-bond acceptors (Lipinski definition) is 4. The summed E-state index contributed by atoms with van der Waals surface area (Å²) in [6, 6.07) is 5.01. The summed E-state index contributed by atoms with van der Waals surface area (Å²) < 4.78 is 28.1. The molecule has 0 fully saturated rings. The molecule has 2 aromatic heterocycles. The summed E-state index contributed by atoms with van der Waals surface area (Å²) in [5, 5.41) is 7.49. The van der Waals surface area contributed by atoms with Crippen LogP contribution in [0.5, 0.6) is 0 Å². The molecule has 0 aliphatic heterocycles. The molecule has 0 unspecified atom stereocenters. The molecule has 148 valence electrons. The molecule has 0 aliphatic carbocycles. The van der Waals surface area contributed by atoms with Gasteiger partial charge in [0.2, 0.25) is 0 Å². The fourth-order valence-corrected chi connectivity index (χ4v) is 4.14. The molecule has 5 nitrogen and oxygen atoms in total. The average molecular weight is 425 g/mol. The number of halogens is 3. The highest BCUT2D eigenvalue weighted by atomic mass is 35.5. The Balaban J connectivity index is 1.76. The number of aryl methyl sites for hydroxylation is 2. The van der Waals surface area contributed by atoms with E-state index in [2.05, 4.69) is 10.4 Å². The molecule has 3 rings (SSSR count). The molecule has 0 saturated heterocycles. The molecule has 1 amide bonds. The van der Waals surface area contributed by atoms with E-state index in [1.165, 1.54) is 17.4 Å². The quantitative estimate of drug-likeness (QED) is 0.633. The van der Waals surface area contributed by atoms with Gasteiger partial charge in [0.15, 0.2) is 11.6 Å². The first-order chi connectivity index (χ1) is 13.3. The van der Waals surface area contributed by atoms with E-state index >= 15 is 0 Å². The lowest BCUT2D eigenvalue weighted by Gasteiger charge is -2.16. The van der Waals surface area contributed by atoms with Crippen molar-refractivity contribution in [1.82, 2.24) is 15.1 Å². The number of aromatic nitrogens is 2. The van der Waals surface area contributed by atoms with Crippen molar-refractivity contribution in [3.05, 3.63) is 62.4 Å². The van der Waals surface area contributed by atoms with Gasteiger partial charge in [0.25, 0.3) is 5.91 Å². The molecule has 0 bridgehead atoms. The Labute approximate surface area is 170 Å². The van der Waals surface area contributed by atoms with Crippen LogP contribution in [0.15, 0.2) is 30.5 Å². The molecule has 0 spiro atoms. The Kier molecular flexibility index (Phi) is 6.12. The first kappa shape index (κ1) is 20.4. The zero-order valence-corrected chi connectivity index (χ0v) is 16.9. The van der Waals surface area contributed by atoms with Crippen LogP contribution in [-0.4, -0.2) is 28.3 Å². The lowest BCUT2D eigenvalue weighted by molar-refractivity contribution is 0.0942. The molecule has 0 aliphatic rings. The van der Waals surface area contributed by atoms with E-state index < -0.39 is 17.7 Å². The van der Waals surface area contributed by atoms with Crippen LogP contribution in [0.2, 0.25) is 5.02 Å². The van der Waals surface area contributed by atoms with E-state index in [4.69, 9.17) is 17.3 Å². The molecule has 3 aromatic rings. The summed E-state index contributed by atoms with van der Waals surface area (Å²) >= 11 is 7.55. The number of thiophene rings is 1. The van der Waals surface area contributed by atoms with Crippen LogP contribution in [0.4, 0.5) is 8.78 Å². The molecular weight excluding hydrogens is 406 g/mol. The van der Waals surface area contributed by atoms with Gasteiger partial charge in [0, 0.05) is 30.1 Å². The number of nitrogens with two attached hydrogens (primary N) is 1. The highest BCUT2D eigenvalue weighted by Crippen LogP contribution is 2.34. The maximum atomic E-state index is 13.4. The standard InChI is InChI=1S/C19H19ClF2N4OS/c1-10-13(18-14(20)9-24-26(18)2)7-17(28-10)19(27)25-12(8-23)5-11-3-4-15(21)16(22)6-11/h3-4,6-7,9,12H,5,8,23H2,1-2H3,(H,25,27)/t12-/m0/s1. The topological polar surface area (TPSA) is 72.9 Å². The second-order valence-electron chi connectivity index (χ2n) is 6.40. The number of nitrogens with one attached hydrogen (secondary N) is 1. The lowest BCUT2D eigenvalue weighted by atomic mass is 10.1. The van der Waals surface area contributed by atoms with Crippen molar-refractivity contribution in [3.63, 3.8) is 0 Å². The third-order valence-electron chi connectivity index (χ3n) is 4.38. The molecule has 2 heterocycles. The first-order valence-corrected chi connectivity index (χ1v) is 9.72. The summed E-state index contributed by atoms with van der Waals surface area (Å²) in [7, 11) is 1.78. The summed E-state index contributed by atoms with van der Waals surface area (Å²) in [5.41, 5.74) is 7.89. The number of carbonyl (C=O) groups excluding carboxylic acids is 1. The van der Waals surface area contributed by atoms with Crippen molar-refractivity contribution in [2.45, 2.75) is 19.4 Å². The van der Waals surface area contributed by atoms with Gasteiger partial charge >= 0.3 is 0 Å². The number of carbonyl (C=O) groups is 1. The van der Waals surface area contributed by atoms with Crippen LogP contribution in [0.3, 0.4) is 0 Å². The molecule has 9 heteroatoms. The van der Waals surface area contributed by atoms with Crippen LogP contribution in [0.25, 0.3) is 11.3 Å². The minimum atomic E-state index is -0.925. The maximum Gasteiger partial charge on any atom is 0.261 e. The fourth-order valence-electron chi connectivity index (χ4n) is 2.94. The smallest absolute Gasteiger partial charge is 0.261 e. The normalized spacial score (nSPS) is 12.2. The molecule has 0 saturated carbocycles. The molecule has 1 aromatic carbocycles. The number of rotatable bonds is 6. The Bertz CT molecular complexity index is 998. The highest BCUT2D eigenvalue weighted by Gasteiger charge is 2.20. The molecule has 1 atom stereocenters. The molecule has 0 radical (unpaired) electrons. The second-order valence-corrected chi connectivity index (χ2v) is 8.07. The van der Waals surface area contributed by atoms with Gasteiger partial charge in [0.05, 0.1) is 21.8 Å². The molecule has 28 heavy (non-hydrogen) atoms. The second kappa shape index (κ2) is 8.38. The van der Waals surface area contributed by atoms with E-state index in [0.717, 1.165) is 28.3 Å². The Hall–Kier alpha value is -2.29. The van der Waals surface area contributed by atoms with Gasteiger partial charge < -0.3 is 11.1 Å². The van der Waals surface area contributed by atoms with Crippen molar-refractivity contribution in [1.29, 1.82) is 0 Å². The van der Waals surface area contributed by atoms with Gasteiger partial charge in [-0.2, -0.15) is 5.10 Å². The molecule has 3 N–H and O–H groups in total. The Morgan fingerprint density at radius 3 is 2.71 bits per heavy atom. The SMILES string of the molecule is Cc1sc(C(=O)N[C@H](CN)Cc2ccc(F)c(F)c2)cc1-c1c(Cl)cnn1C. The zero-order valence-electron chi connectivity index (χ0n) is 15.3. The number of benzene rings is 1. The Morgan fingerprint density at radius 2 is 2.11 bits per heavy atom. The van der Waals surface area contributed by atoms with E-state index in [-0.39, 0.29) is 12.5 Å². The van der Waals surface area contributed by atoms with Crippen molar-refractivity contribution < 1.29 is 13.6 Å². The van der Waals surface area contributed by atoms with Crippen LogP contribution >= 0.6 is 22.9 Å². The monoisotopic (exact) mass is 424 g/mol. The fraction of sp³-hybridized carbons (Fsp3) is 0.263. The van der Waals surface area contributed by atoms with E-state index in [0.29, 0.717) is 21.9 Å². The minimum Gasteiger partial charge on any atom is -0.347 e. The largest absolute Gasteiger partial charge is 0.347 e. The van der Waals surface area contributed by atoms with E-state index in [1.807, 2.05) is 6.92 Å². The van der Waals surface area contributed by atoms with Gasteiger partial charge in [-0.15, -0.1) is 11.3 Å². The number of nitrogens with zero attached hydrogens (tertiary/aromatic N) is 2. The van der Waals surface area contributed by atoms with Gasteiger partial charge in [-0.25, -0.2) is 8.78 Å². The summed E-state index contributed by atoms with van der Waals surface area (Å²) in [6.45, 7) is 2.07. The predicted octanol–water partition coefficient (Wildman–Crippen LogP) is 3.69. The average Bonchev–Trinajstić information content (AvgIpc) is 3.19. The van der Waals surface area contributed by atoms with Crippen LogP contribution < -0.4 is 11.1 Å². The number of hydrogen-bond donors (Lipinski definition) is 2.